The molecular weight excluding hydrogens is 292 g/mol. The molecule has 0 aromatic heterocycles. The summed E-state index contributed by atoms with van der Waals surface area (Å²) in [7, 11) is 1.47. The first-order valence-corrected chi connectivity index (χ1v) is 7.04. The number of benzene rings is 2. The predicted octanol–water partition coefficient (Wildman–Crippen LogP) is 2.87. The second-order valence-corrected chi connectivity index (χ2v) is 4.88. The lowest BCUT2D eigenvalue weighted by molar-refractivity contribution is -0.116. The molecule has 0 saturated heterocycles. The van der Waals surface area contributed by atoms with Crippen LogP contribution in [0.15, 0.2) is 53.6 Å². The van der Waals surface area contributed by atoms with Crippen molar-refractivity contribution in [1.82, 2.24) is 5.43 Å². The number of phenolic OH excluding ortho intramolecular Hbond substituents is 1. The number of phenols is 1. The van der Waals surface area contributed by atoms with Crippen molar-refractivity contribution in [2.45, 2.75) is 6.92 Å². The van der Waals surface area contributed by atoms with E-state index >= 15 is 0 Å². The van der Waals surface area contributed by atoms with Crippen LogP contribution in [0, 0.1) is 6.92 Å². The number of ether oxygens (including phenoxy) is 1. The molecule has 1 amide bonds. The quantitative estimate of drug-likeness (QED) is 0.507. The van der Waals surface area contributed by atoms with Crippen molar-refractivity contribution < 1.29 is 14.6 Å². The third-order valence-electron chi connectivity index (χ3n) is 3.13. The van der Waals surface area contributed by atoms with Crippen molar-refractivity contribution in [1.29, 1.82) is 0 Å². The molecule has 0 aliphatic heterocycles. The minimum atomic E-state index is -0.357. The van der Waals surface area contributed by atoms with Gasteiger partial charge in [0.1, 0.15) is 0 Å². The molecule has 0 fully saturated rings. The number of carbonyl (C=O) groups is 1. The second-order valence-electron chi connectivity index (χ2n) is 4.88. The highest BCUT2D eigenvalue weighted by atomic mass is 16.5. The van der Waals surface area contributed by atoms with E-state index in [1.807, 2.05) is 31.2 Å². The Kier molecular flexibility index (Phi) is 5.52. The smallest absolute Gasteiger partial charge is 0.264 e. The number of para-hydroxylation sites is 1. The Balaban J connectivity index is 1.95. The molecule has 0 unspecified atom stereocenters. The highest BCUT2D eigenvalue weighted by Gasteiger charge is 2.04. The highest BCUT2D eigenvalue weighted by molar-refractivity contribution is 5.93. The summed E-state index contributed by atoms with van der Waals surface area (Å²) >= 11 is 0. The lowest BCUT2D eigenvalue weighted by atomic mass is 10.1. The van der Waals surface area contributed by atoms with Crippen molar-refractivity contribution >= 4 is 18.2 Å². The molecule has 2 N–H and O–H groups in total. The fourth-order valence-corrected chi connectivity index (χ4v) is 1.86. The Labute approximate surface area is 134 Å². The SMILES string of the molecule is COc1cccc(/C=N\NC(=O)/C=C/c2ccc(C)cc2)c1O. The molecule has 0 saturated carbocycles. The largest absolute Gasteiger partial charge is 0.504 e. The van der Waals surface area contributed by atoms with Gasteiger partial charge in [-0.25, -0.2) is 5.43 Å². The van der Waals surface area contributed by atoms with E-state index in [9.17, 15) is 9.90 Å². The van der Waals surface area contributed by atoms with Crippen LogP contribution >= 0.6 is 0 Å². The maximum Gasteiger partial charge on any atom is 0.264 e. The normalized spacial score (nSPS) is 11.0. The van der Waals surface area contributed by atoms with Crippen LogP contribution in [0.1, 0.15) is 16.7 Å². The molecule has 118 valence electrons. The number of rotatable bonds is 5. The summed E-state index contributed by atoms with van der Waals surface area (Å²) < 4.78 is 5.00. The summed E-state index contributed by atoms with van der Waals surface area (Å²) in [6.45, 7) is 2.00. The summed E-state index contributed by atoms with van der Waals surface area (Å²) in [5, 5.41) is 13.7. The van der Waals surface area contributed by atoms with Crippen LogP contribution in [-0.2, 0) is 4.79 Å². The zero-order valence-corrected chi connectivity index (χ0v) is 13.0. The van der Waals surface area contributed by atoms with Gasteiger partial charge < -0.3 is 9.84 Å². The number of methoxy groups -OCH3 is 1. The van der Waals surface area contributed by atoms with Crippen LogP contribution < -0.4 is 10.2 Å². The van der Waals surface area contributed by atoms with Crippen LogP contribution in [0.2, 0.25) is 0 Å². The van der Waals surface area contributed by atoms with E-state index < -0.39 is 0 Å². The van der Waals surface area contributed by atoms with Gasteiger partial charge >= 0.3 is 0 Å². The molecule has 0 aliphatic carbocycles. The topological polar surface area (TPSA) is 70.9 Å². The van der Waals surface area contributed by atoms with Crippen molar-refractivity contribution in [3.8, 4) is 11.5 Å². The van der Waals surface area contributed by atoms with Gasteiger partial charge in [-0.2, -0.15) is 5.10 Å². The van der Waals surface area contributed by atoms with Gasteiger partial charge in [0.05, 0.1) is 13.3 Å². The Morgan fingerprint density at radius 3 is 2.65 bits per heavy atom. The standard InChI is InChI=1S/C18H18N2O3/c1-13-6-8-14(9-7-13)10-11-17(21)20-19-12-15-4-3-5-16(23-2)18(15)22/h3-12,22H,1-2H3,(H,20,21)/b11-10+,19-12-. The Bertz CT molecular complexity index is 734. The molecule has 5 nitrogen and oxygen atoms in total. The molecule has 2 aromatic carbocycles. The summed E-state index contributed by atoms with van der Waals surface area (Å²) in [5.41, 5.74) is 4.91. The fraction of sp³-hybridized carbons (Fsp3) is 0.111. The van der Waals surface area contributed by atoms with Crippen LogP contribution in [0.3, 0.4) is 0 Å². The third kappa shape index (κ3) is 4.71. The molecule has 2 aromatic rings. The lowest BCUT2D eigenvalue weighted by Gasteiger charge is -2.04. The van der Waals surface area contributed by atoms with Crippen LogP contribution in [0.25, 0.3) is 6.08 Å². The van der Waals surface area contributed by atoms with E-state index in [4.69, 9.17) is 4.74 Å². The lowest BCUT2D eigenvalue weighted by Crippen LogP contribution is -2.14. The molecule has 23 heavy (non-hydrogen) atoms. The number of hydrogen-bond donors (Lipinski definition) is 2. The van der Waals surface area contributed by atoms with Crippen LogP contribution in [0.4, 0.5) is 0 Å². The van der Waals surface area contributed by atoms with Crippen LogP contribution in [-0.4, -0.2) is 24.3 Å². The molecule has 0 spiro atoms. The number of aromatic hydroxyl groups is 1. The molecular formula is C18H18N2O3. The molecule has 0 radical (unpaired) electrons. The Hall–Kier alpha value is -3.08. The van der Waals surface area contributed by atoms with E-state index in [0.717, 1.165) is 11.1 Å². The van der Waals surface area contributed by atoms with Gasteiger partial charge in [0, 0.05) is 11.6 Å². The van der Waals surface area contributed by atoms with Gasteiger partial charge in [-0.15, -0.1) is 0 Å². The van der Waals surface area contributed by atoms with E-state index in [1.165, 1.54) is 19.4 Å². The van der Waals surface area contributed by atoms with Gasteiger partial charge in [-0.1, -0.05) is 35.9 Å². The van der Waals surface area contributed by atoms with E-state index in [-0.39, 0.29) is 11.7 Å². The number of hydrazone groups is 1. The fourth-order valence-electron chi connectivity index (χ4n) is 1.86. The summed E-state index contributed by atoms with van der Waals surface area (Å²) in [6.07, 6.45) is 4.45. The summed E-state index contributed by atoms with van der Waals surface area (Å²) in [6, 6.07) is 12.8. The maximum absolute atomic E-state index is 11.7. The predicted molar refractivity (Wildman–Crippen MR) is 90.6 cm³/mol. The monoisotopic (exact) mass is 310 g/mol. The first kappa shape index (κ1) is 16.3. The summed E-state index contributed by atoms with van der Waals surface area (Å²) in [5.74, 6) is -0.0352. The van der Waals surface area contributed by atoms with Gasteiger partial charge in [-0.05, 0) is 30.7 Å². The minimum absolute atomic E-state index is 0.0248. The zero-order chi connectivity index (χ0) is 16.7. The van der Waals surface area contributed by atoms with Gasteiger partial charge in [0.25, 0.3) is 5.91 Å². The van der Waals surface area contributed by atoms with Gasteiger partial charge in [0.15, 0.2) is 11.5 Å². The molecule has 0 aliphatic rings. The second kappa shape index (κ2) is 7.79. The molecule has 5 heteroatoms. The Morgan fingerprint density at radius 1 is 1.22 bits per heavy atom. The highest BCUT2D eigenvalue weighted by Crippen LogP contribution is 2.27. The Morgan fingerprint density at radius 2 is 1.96 bits per heavy atom. The maximum atomic E-state index is 11.7. The molecule has 2 rings (SSSR count). The molecule has 0 bridgehead atoms. The average molecular weight is 310 g/mol. The third-order valence-corrected chi connectivity index (χ3v) is 3.13. The van der Waals surface area contributed by atoms with Crippen molar-refractivity contribution in [3.63, 3.8) is 0 Å². The number of hydrogen-bond acceptors (Lipinski definition) is 4. The number of nitrogens with zero attached hydrogens (tertiary/aromatic N) is 1. The number of aryl methyl sites for hydroxylation is 1. The molecule has 0 atom stereocenters. The van der Waals surface area contributed by atoms with Crippen molar-refractivity contribution in [2.75, 3.05) is 7.11 Å². The number of carbonyl (C=O) groups excluding carboxylic acids is 1. The summed E-state index contributed by atoms with van der Waals surface area (Å²) in [4.78, 5) is 11.7. The van der Waals surface area contributed by atoms with Crippen molar-refractivity contribution in [2.24, 2.45) is 5.10 Å². The first-order valence-electron chi connectivity index (χ1n) is 7.04. The van der Waals surface area contributed by atoms with Crippen molar-refractivity contribution in [3.05, 3.63) is 65.2 Å². The number of amides is 1. The van der Waals surface area contributed by atoms with E-state index in [0.29, 0.717) is 11.3 Å². The minimum Gasteiger partial charge on any atom is -0.504 e. The van der Waals surface area contributed by atoms with E-state index in [2.05, 4.69) is 10.5 Å². The zero-order valence-electron chi connectivity index (χ0n) is 13.0. The molecule has 0 heterocycles. The van der Waals surface area contributed by atoms with Gasteiger partial charge in [-0.3, -0.25) is 4.79 Å². The van der Waals surface area contributed by atoms with Crippen LogP contribution in [0.5, 0.6) is 11.5 Å². The number of nitrogens with one attached hydrogen (secondary N) is 1. The van der Waals surface area contributed by atoms with E-state index in [1.54, 1.807) is 24.3 Å². The average Bonchev–Trinajstić information content (AvgIpc) is 2.56. The first-order chi connectivity index (χ1) is 11.1. The van der Waals surface area contributed by atoms with Gasteiger partial charge in [0.2, 0.25) is 0 Å².